The maximum atomic E-state index is 5.53. The van der Waals surface area contributed by atoms with Gasteiger partial charge in [-0.2, -0.15) is 0 Å². The number of hydrogen-bond donors (Lipinski definition) is 0. The Balaban J connectivity index is 2.05. The van der Waals surface area contributed by atoms with E-state index in [9.17, 15) is 0 Å². The van der Waals surface area contributed by atoms with E-state index in [1.165, 1.54) is 24.8 Å². The average molecular weight is 250 g/mol. The largest absolute Gasteiger partial charge is 0.346 e. The van der Waals surface area contributed by atoms with Gasteiger partial charge in [0.15, 0.2) is 6.29 Å². The molecule has 1 aliphatic heterocycles. The zero-order valence-corrected chi connectivity index (χ0v) is 12.2. The summed E-state index contributed by atoms with van der Waals surface area (Å²) in [6.45, 7) is 10.6. The molecular weight excluding hydrogens is 224 g/mol. The summed E-state index contributed by atoms with van der Waals surface area (Å²) in [5.74, 6) is 0. The highest BCUT2D eigenvalue weighted by molar-refractivity contribution is 5.25. The van der Waals surface area contributed by atoms with Crippen LogP contribution in [-0.4, -0.2) is 19.5 Å². The predicted octanol–water partition coefficient (Wildman–Crippen LogP) is 4.22. The normalized spacial score (nSPS) is 25.9. The van der Waals surface area contributed by atoms with E-state index >= 15 is 0 Å². The van der Waals surface area contributed by atoms with Crippen LogP contribution in [0.15, 0.2) is 22.8 Å². The summed E-state index contributed by atoms with van der Waals surface area (Å²) in [4.78, 5) is 0. The second-order valence-electron chi connectivity index (χ2n) is 6.22. The van der Waals surface area contributed by atoms with Gasteiger partial charge in [-0.3, -0.25) is 0 Å². The van der Waals surface area contributed by atoms with Gasteiger partial charge in [-0.05, 0) is 50.5 Å². The van der Waals surface area contributed by atoms with Crippen molar-refractivity contribution < 1.29 is 9.47 Å². The average Bonchev–Trinajstić information content (AvgIpc) is 2.80. The molecule has 0 bridgehead atoms. The van der Waals surface area contributed by atoms with Gasteiger partial charge >= 0.3 is 0 Å². The Morgan fingerprint density at radius 1 is 1.33 bits per heavy atom. The van der Waals surface area contributed by atoms with E-state index in [0.29, 0.717) is 5.41 Å². The van der Waals surface area contributed by atoms with Gasteiger partial charge in [0.2, 0.25) is 0 Å². The highest BCUT2D eigenvalue weighted by atomic mass is 16.7. The quantitative estimate of drug-likeness (QED) is 0.698. The molecule has 1 fully saturated rings. The minimum absolute atomic E-state index is 0.0994. The van der Waals surface area contributed by atoms with E-state index in [1.807, 2.05) is 0 Å². The topological polar surface area (TPSA) is 18.5 Å². The molecule has 2 rings (SSSR count). The Kier molecular flexibility index (Phi) is 4.29. The maximum absolute atomic E-state index is 5.53. The second-order valence-corrected chi connectivity index (χ2v) is 6.22. The van der Waals surface area contributed by atoms with Crippen LogP contribution in [0.25, 0.3) is 0 Å². The molecule has 2 nitrogen and oxygen atoms in total. The third kappa shape index (κ3) is 3.04. The van der Waals surface area contributed by atoms with Crippen molar-refractivity contribution in [1.29, 1.82) is 0 Å². The van der Waals surface area contributed by atoms with Gasteiger partial charge in [0, 0.05) is 0 Å². The van der Waals surface area contributed by atoms with Gasteiger partial charge < -0.3 is 9.47 Å². The summed E-state index contributed by atoms with van der Waals surface area (Å²) in [6.07, 6.45) is 7.15. The van der Waals surface area contributed by atoms with Crippen molar-refractivity contribution in [3.05, 3.63) is 22.8 Å². The van der Waals surface area contributed by atoms with Gasteiger partial charge in [-0.1, -0.05) is 31.1 Å². The third-order valence-electron chi connectivity index (χ3n) is 4.31. The molecule has 1 heterocycles. The van der Waals surface area contributed by atoms with Crippen LogP contribution in [0.4, 0.5) is 0 Å². The first-order valence-electron chi connectivity index (χ1n) is 7.10. The van der Waals surface area contributed by atoms with E-state index in [0.717, 1.165) is 19.6 Å². The third-order valence-corrected chi connectivity index (χ3v) is 4.31. The fourth-order valence-corrected chi connectivity index (χ4v) is 3.11. The van der Waals surface area contributed by atoms with Gasteiger partial charge in [0.1, 0.15) is 0 Å². The van der Waals surface area contributed by atoms with Gasteiger partial charge in [-0.15, -0.1) is 0 Å². The first-order valence-corrected chi connectivity index (χ1v) is 7.10. The summed E-state index contributed by atoms with van der Waals surface area (Å²) in [6, 6.07) is 0. The summed E-state index contributed by atoms with van der Waals surface area (Å²) >= 11 is 0. The molecule has 0 atom stereocenters. The molecule has 0 saturated carbocycles. The lowest BCUT2D eigenvalue weighted by molar-refractivity contribution is -0.0112. The van der Waals surface area contributed by atoms with Crippen LogP contribution in [0.5, 0.6) is 0 Å². The summed E-state index contributed by atoms with van der Waals surface area (Å²) in [5, 5.41) is 0. The lowest BCUT2D eigenvalue weighted by Gasteiger charge is -2.34. The Labute approximate surface area is 111 Å². The smallest absolute Gasteiger partial charge is 0.179 e. The Hall–Kier alpha value is -0.600. The first-order chi connectivity index (χ1) is 8.50. The molecule has 2 heteroatoms. The molecule has 0 aromatic carbocycles. The van der Waals surface area contributed by atoms with Crippen molar-refractivity contribution in [3.8, 4) is 0 Å². The molecule has 1 saturated heterocycles. The maximum Gasteiger partial charge on any atom is 0.179 e. The number of rotatable bonds is 3. The molecule has 0 amide bonds. The highest BCUT2D eigenvalue weighted by Crippen LogP contribution is 2.42. The molecule has 0 aromatic rings. The molecular formula is C16H26O2. The first kappa shape index (κ1) is 13.8. The number of allylic oxidation sites excluding steroid dienone is 3. The lowest BCUT2D eigenvalue weighted by Crippen LogP contribution is -2.20. The van der Waals surface area contributed by atoms with Crippen molar-refractivity contribution in [1.82, 2.24) is 0 Å². The van der Waals surface area contributed by atoms with Gasteiger partial charge in [0.25, 0.3) is 0 Å². The standard InChI is InChI=1S/C16H26O2/c1-12-6-5-9-16(3,4)14(12)8-7-13(2)15-17-10-11-18-15/h7,15H,5-6,8-11H2,1-4H3. The van der Waals surface area contributed by atoms with Crippen LogP contribution in [-0.2, 0) is 9.47 Å². The molecule has 18 heavy (non-hydrogen) atoms. The predicted molar refractivity (Wildman–Crippen MR) is 74.4 cm³/mol. The Morgan fingerprint density at radius 3 is 2.61 bits per heavy atom. The van der Waals surface area contributed by atoms with Crippen LogP contribution >= 0.6 is 0 Å². The molecule has 2 aliphatic rings. The zero-order valence-electron chi connectivity index (χ0n) is 12.2. The minimum atomic E-state index is -0.0994. The van der Waals surface area contributed by atoms with Gasteiger partial charge in [-0.25, -0.2) is 0 Å². The van der Waals surface area contributed by atoms with Crippen molar-refractivity contribution in [2.75, 3.05) is 13.2 Å². The van der Waals surface area contributed by atoms with Crippen LogP contribution in [0.1, 0.15) is 53.4 Å². The molecule has 1 aliphatic carbocycles. The van der Waals surface area contributed by atoms with Crippen LogP contribution in [0.3, 0.4) is 0 Å². The molecule has 0 radical (unpaired) electrons. The van der Waals surface area contributed by atoms with Crippen molar-refractivity contribution >= 4 is 0 Å². The summed E-state index contributed by atoms with van der Waals surface area (Å²) in [5.41, 5.74) is 4.78. The van der Waals surface area contributed by atoms with E-state index in [-0.39, 0.29) is 6.29 Å². The number of ether oxygens (including phenoxy) is 2. The second kappa shape index (κ2) is 5.58. The molecule has 0 N–H and O–H groups in total. The monoisotopic (exact) mass is 250 g/mol. The van der Waals surface area contributed by atoms with Crippen molar-refractivity contribution in [2.45, 2.75) is 59.7 Å². The fraction of sp³-hybridized carbons (Fsp3) is 0.750. The van der Waals surface area contributed by atoms with E-state index in [1.54, 1.807) is 11.1 Å². The van der Waals surface area contributed by atoms with E-state index in [2.05, 4.69) is 33.8 Å². The zero-order chi connectivity index (χ0) is 13.2. The van der Waals surface area contributed by atoms with Crippen LogP contribution in [0.2, 0.25) is 0 Å². The highest BCUT2D eigenvalue weighted by Gasteiger charge is 2.27. The Morgan fingerprint density at radius 2 is 2.00 bits per heavy atom. The Bertz CT molecular complexity index is 357. The van der Waals surface area contributed by atoms with Gasteiger partial charge in [0.05, 0.1) is 13.2 Å². The SMILES string of the molecule is CC(=CCC1=C(C)CCCC1(C)C)C1OCCO1. The summed E-state index contributed by atoms with van der Waals surface area (Å²) < 4.78 is 11.1. The number of hydrogen-bond acceptors (Lipinski definition) is 2. The lowest BCUT2D eigenvalue weighted by atomic mass is 9.71. The van der Waals surface area contributed by atoms with Crippen LogP contribution < -0.4 is 0 Å². The van der Waals surface area contributed by atoms with Crippen molar-refractivity contribution in [3.63, 3.8) is 0 Å². The van der Waals surface area contributed by atoms with E-state index < -0.39 is 0 Å². The molecule has 0 aromatic heterocycles. The van der Waals surface area contributed by atoms with Crippen LogP contribution in [0, 0.1) is 5.41 Å². The fourth-order valence-electron chi connectivity index (χ4n) is 3.11. The summed E-state index contributed by atoms with van der Waals surface area (Å²) in [7, 11) is 0. The minimum Gasteiger partial charge on any atom is -0.346 e. The van der Waals surface area contributed by atoms with Crippen molar-refractivity contribution in [2.24, 2.45) is 5.41 Å². The molecule has 0 spiro atoms. The molecule has 102 valence electrons. The molecule has 0 unspecified atom stereocenters. The van der Waals surface area contributed by atoms with E-state index in [4.69, 9.17) is 9.47 Å².